The smallest absolute Gasteiger partial charge is 0.000978 e. The zero-order valence-corrected chi connectivity index (χ0v) is 8.54. The maximum atomic E-state index is 5.54. The van der Waals surface area contributed by atoms with E-state index >= 15 is 0 Å². The van der Waals surface area contributed by atoms with Gasteiger partial charge in [-0.25, -0.2) is 0 Å². The standard InChI is InChI=1S/C11H22N2/c12-6-1-7-13(8-10-2-3-10)9-11-4-5-11/h10-11H,1-9,12H2. The van der Waals surface area contributed by atoms with E-state index in [9.17, 15) is 0 Å². The highest BCUT2D eigenvalue weighted by Gasteiger charge is 2.28. The van der Waals surface area contributed by atoms with Crippen LogP contribution in [0.15, 0.2) is 0 Å². The summed E-state index contributed by atoms with van der Waals surface area (Å²) < 4.78 is 0. The Labute approximate surface area is 81.5 Å². The minimum atomic E-state index is 0.853. The molecule has 0 bridgehead atoms. The van der Waals surface area contributed by atoms with E-state index in [0.29, 0.717) is 0 Å². The number of nitrogens with two attached hydrogens (primary N) is 1. The summed E-state index contributed by atoms with van der Waals surface area (Å²) in [5.74, 6) is 2.08. The van der Waals surface area contributed by atoms with Gasteiger partial charge < -0.3 is 10.6 Å². The van der Waals surface area contributed by atoms with Gasteiger partial charge in [0.15, 0.2) is 0 Å². The van der Waals surface area contributed by atoms with Crippen LogP contribution in [-0.2, 0) is 0 Å². The normalized spacial score (nSPS) is 22.6. The van der Waals surface area contributed by atoms with Gasteiger partial charge in [0, 0.05) is 13.1 Å². The molecule has 0 saturated heterocycles. The number of rotatable bonds is 7. The van der Waals surface area contributed by atoms with Gasteiger partial charge in [0.1, 0.15) is 0 Å². The first-order valence-corrected chi connectivity index (χ1v) is 5.81. The van der Waals surface area contributed by atoms with E-state index in [0.717, 1.165) is 18.4 Å². The molecule has 0 aromatic heterocycles. The van der Waals surface area contributed by atoms with Crippen LogP contribution in [0, 0.1) is 11.8 Å². The molecule has 0 aromatic carbocycles. The quantitative estimate of drug-likeness (QED) is 0.646. The van der Waals surface area contributed by atoms with Crippen molar-refractivity contribution in [3.05, 3.63) is 0 Å². The molecule has 13 heavy (non-hydrogen) atoms. The van der Waals surface area contributed by atoms with E-state index in [4.69, 9.17) is 5.73 Å². The molecule has 0 heterocycles. The fourth-order valence-electron chi connectivity index (χ4n) is 1.90. The van der Waals surface area contributed by atoms with Crippen molar-refractivity contribution < 1.29 is 0 Å². The van der Waals surface area contributed by atoms with Gasteiger partial charge in [-0.05, 0) is 57.0 Å². The van der Waals surface area contributed by atoms with Crippen LogP contribution in [0.25, 0.3) is 0 Å². The summed E-state index contributed by atoms with van der Waals surface area (Å²) in [6.45, 7) is 4.81. The largest absolute Gasteiger partial charge is 0.330 e. The Morgan fingerprint density at radius 1 is 1.00 bits per heavy atom. The highest BCUT2D eigenvalue weighted by atomic mass is 15.1. The summed E-state index contributed by atoms with van der Waals surface area (Å²) >= 11 is 0. The third-order valence-electron chi connectivity index (χ3n) is 3.11. The summed E-state index contributed by atoms with van der Waals surface area (Å²) in [5.41, 5.74) is 5.54. The number of nitrogens with zero attached hydrogens (tertiary/aromatic N) is 1. The highest BCUT2D eigenvalue weighted by molar-refractivity contribution is 4.82. The molecule has 0 aromatic rings. The molecular formula is C11H22N2. The maximum Gasteiger partial charge on any atom is 0.000978 e. The summed E-state index contributed by atoms with van der Waals surface area (Å²) in [7, 11) is 0. The zero-order valence-electron chi connectivity index (χ0n) is 8.54. The minimum absolute atomic E-state index is 0.853. The van der Waals surface area contributed by atoms with Gasteiger partial charge in [0.2, 0.25) is 0 Å². The Morgan fingerprint density at radius 2 is 1.54 bits per heavy atom. The maximum absolute atomic E-state index is 5.54. The topological polar surface area (TPSA) is 29.3 Å². The van der Waals surface area contributed by atoms with Crippen molar-refractivity contribution in [1.82, 2.24) is 4.90 Å². The van der Waals surface area contributed by atoms with Gasteiger partial charge >= 0.3 is 0 Å². The molecule has 0 aliphatic heterocycles. The van der Waals surface area contributed by atoms with Gasteiger partial charge in [0.05, 0.1) is 0 Å². The predicted octanol–water partition coefficient (Wildman–Crippen LogP) is 1.46. The van der Waals surface area contributed by atoms with Crippen LogP contribution in [0.4, 0.5) is 0 Å². The van der Waals surface area contributed by atoms with Crippen LogP contribution in [-0.4, -0.2) is 31.1 Å². The molecule has 2 fully saturated rings. The van der Waals surface area contributed by atoms with E-state index in [1.165, 1.54) is 51.7 Å². The Bertz CT molecular complexity index is 136. The lowest BCUT2D eigenvalue weighted by Crippen LogP contribution is -2.30. The van der Waals surface area contributed by atoms with Crippen LogP contribution < -0.4 is 5.73 Å². The van der Waals surface area contributed by atoms with Gasteiger partial charge in [0.25, 0.3) is 0 Å². The summed E-state index contributed by atoms with van der Waals surface area (Å²) in [4.78, 5) is 2.65. The Morgan fingerprint density at radius 3 is 1.92 bits per heavy atom. The van der Waals surface area contributed by atoms with Crippen LogP contribution >= 0.6 is 0 Å². The summed E-state index contributed by atoms with van der Waals surface area (Å²) in [6, 6.07) is 0. The Kier molecular flexibility index (Phi) is 3.23. The van der Waals surface area contributed by atoms with Crippen molar-refractivity contribution in [3.63, 3.8) is 0 Å². The molecule has 76 valence electrons. The van der Waals surface area contributed by atoms with Gasteiger partial charge in [-0.3, -0.25) is 0 Å². The summed E-state index contributed by atoms with van der Waals surface area (Å²) in [5, 5.41) is 0. The summed E-state index contributed by atoms with van der Waals surface area (Å²) in [6.07, 6.45) is 7.08. The van der Waals surface area contributed by atoms with Crippen molar-refractivity contribution >= 4 is 0 Å². The van der Waals surface area contributed by atoms with Crippen molar-refractivity contribution in [2.24, 2.45) is 17.6 Å². The minimum Gasteiger partial charge on any atom is -0.330 e. The molecule has 2 heteroatoms. The first-order valence-electron chi connectivity index (χ1n) is 5.81. The van der Waals surface area contributed by atoms with Crippen molar-refractivity contribution in [1.29, 1.82) is 0 Å². The molecule has 2 aliphatic carbocycles. The zero-order chi connectivity index (χ0) is 9.10. The lowest BCUT2D eigenvalue weighted by Gasteiger charge is -2.21. The van der Waals surface area contributed by atoms with Gasteiger partial charge in [-0.2, -0.15) is 0 Å². The van der Waals surface area contributed by atoms with Crippen LogP contribution in [0.2, 0.25) is 0 Å². The second-order valence-electron chi connectivity index (χ2n) is 4.79. The lowest BCUT2D eigenvalue weighted by atomic mass is 10.3. The third kappa shape index (κ3) is 3.65. The molecule has 0 unspecified atom stereocenters. The molecule has 2 rings (SSSR count). The molecule has 0 amide bonds. The molecule has 2 saturated carbocycles. The second-order valence-corrected chi connectivity index (χ2v) is 4.79. The van der Waals surface area contributed by atoms with Crippen LogP contribution in [0.5, 0.6) is 0 Å². The molecule has 2 nitrogen and oxygen atoms in total. The first kappa shape index (κ1) is 9.47. The van der Waals surface area contributed by atoms with Crippen molar-refractivity contribution in [2.75, 3.05) is 26.2 Å². The van der Waals surface area contributed by atoms with E-state index < -0.39 is 0 Å². The second kappa shape index (κ2) is 4.43. The van der Waals surface area contributed by atoms with E-state index in [2.05, 4.69) is 4.90 Å². The van der Waals surface area contributed by atoms with Crippen molar-refractivity contribution in [3.8, 4) is 0 Å². The Hall–Kier alpha value is -0.0800. The van der Waals surface area contributed by atoms with Crippen LogP contribution in [0.1, 0.15) is 32.1 Å². The van der Waals surface area contributed by atoms with Crippen molar-refractivity contribution in [2.45, 2.75) is 32.1 Å². The molecule has 0 spiro atoms. The molecule has 2 aliphatic rings. The fraction of sp³-hybridized carbons (Fsp3) is 1.00. The fourth-order valence-corrected chi connectivity index (χ4v) is 1.90. The van der Waals surface area contributed by atoms with E-state index in [-0.39, 0.29) is 0 Å². The molecule has 0 atom stereocenters. The highest BCUT2D eigenvalue weighted by Crippen LogP contribution is 2.33. The molecule has 0 radical (unpaired) electrons. The van der Waals surface area contributed by atoms with E-state index in [1.807, 2.05) is 0 Å². The third-order valence-corrected chi connectivity index (χ3v) is 3.11. The average molecular weight is 182 g/mol. The van der Waals surface area contributed by atoms with E-state index in [1.54, 1.807) is 0 Å². The monoisotopic (exact) mass is 182 g/mol. The first-order chi connectivity index (χ1) is 6.38. The van der Waals surface area contributed by atoms with Gasteiger partial charge in [-0.1, -0.05) is 0 Å². The SMILES string of the molecule is NCCCN(CC1CC1)CC1CC1. The molecular weight excluding hydrogens is 160 g/mol. The van der Waals surface area contributed by atoms with Gasteiger partial charge in [-0.15, -0.1) is 0 Å². The number of hydrogen-bond donors (Lipinski definition) is 1. The Balaban J connectivity index is 1.64. The predicted molar refractivity (Wildman–Crippen MR) is 55.6 cm³/mol. The lowest BCUT2D eigenvalue weighted by molar-refractivity contribution is 0.251. The average Bonchev–Trinajstić information content (AvgIpc) is 2.94. The van der Waals surface area contributed by atoms with Crippen LogP contribution in [0.3, 0.4) is 0 Å². The molecule has 2 N–H and O–H groups in total. The number of hydrogen-bond acceptors (Lipinski definition) is 2.